The summed E-state index contributed by atoms with van der Waals surface area (Å²) in [5, 5.41) is 12.9. The molecular formula is C12H21N3O3. The lowest BCUT2D eigenvalue weighted by atomic mass is 10.2. The van der Waals surface area contributed by atoms with Crippen LogP contribution in [-0.2, 0) is 13.6 Å². The third-order valence-corrected chi connectivity index (χ3v) is 2.57. The van der Waals surface area contributed by atoms with E-state index in [0.717, 1.165) is 6.54 Å². The lowest BCUT2D eigenvalue weighted by molar-refractivity contribution is 0.149. The molecule has 0 fully saturated rings. The van der Waals surface area contributed by atoms with E-state index in [1.54, 1.807) is 0 Å². The van der Waals surface area contributed by atoms with Gasteiger partial charge in [0.2, 0.25) is 0 Å². The molecule has 0 bridgehead atoms. The maximum Gasteiger partial charge on any atom is 0.316 e. The van der Waals surface area contributed by atoms with Gasteiger partial charge in [-0.3, -0.25) is 9.59 Å². The van der Waals surface area contributed by atoms with Crippen LogP contribution in [0, 0.1) is 5.92 Å². The van der Waals surface area contributed by atoms with Crippen molar-refractivity contribution in [3.8, 4) is 0 Å². The van der Waals surface area contributed by atoms with E-state index in [1.165, 1.54) is 28.6 Å². The average Bonchev–Trinajstić information content (AvgIpc) is 2.29. The van der Waals surface area contributed by atoms with Gasteiger partial charge in [-0.05, 0) is 12.5 Å². The highest BCUT2D eigenvalue weighted by molar-refractivity contribution is 4.85. The summed E-state index contributed by atoms with van der Waals surface area (Å²) in [7, 11) is 1.52. The molecule has 1 atom stereocenters. The Balaban J connectivity index is 2.60. The molecule has 0 spiro atoms. The van der Waals surface area contributed by atoms with E-state index in [2.05, 4.69) is 19.2 Å². The maximum absolute atomic E-state index is 11.6. The fourth-order valence-corrected chi connectivity index (χ4v) is 1.56. The SMILES string of the molecule is CC(C)CNCC(O)Cn1ccn(C)c(=O)c1=O. The standard InChI is InChI=1S/C12H21N3O3/c1-9(2)6-13-7-10(16)8-15-5-4-14(3)11(17)12(15)18/h4-5,9-10,13,16H,6-8H2,1-3H3. The topological polar surface area (TPSA) is 76.3 Å². The molecule has 0 aliphatic carbocycles. The van der Waals surface area contributed by atoms with E-state index < -0.39 is 17.2 Å². The van der Waals surface area contributed by atoms with Crippen molar-refractivity contribution in [1.82, 2.24) is 14.5 Å². The van der Waals surface area contributed by atoms with Crippen LogP contribution in [-0.4, -0.2) is 33.4 Å². The number of nitrogens with one attached hydrogen (secondary N) is 1. The first-order valence-corrected chi connectivity index (χ1v) is 6.06. The first-order chi connectivity index (χ1) is 8.41. The van der Waals surface area contributed by atoms with Crippen molar-refractivity contribution >= 4 is 0 Å². The Morgan fingerprint density at radius 3 is 2.50 bits per heavy atom. The summed E-state index contributed by atoms with van der Waals surface area (Å²) in [6, 6.07) is 0. The van der Waals surface area contributed by atoms with E-state index in [-0.39, 0.29) is 6.54 Å². The summed E-state index contributed by atoms with van der Waals surface area (Å²) < 4.78 is 2.46. The molecule has 0 saturated carbocycles. The molecule has 0 amide bonds. The molecule has 1 aromatic rings. The van der Waals surface area contributed by atoms with E-state index in [0.29, 0.717) is 12.5 Å². The number of nitrogens with zero attached hydrogens (tertiary/aromatic N) is 2. The van der Waals surface area contributed by atoms with Gasteiger partial charge in [0, 0.05) is 26.0 Å². The number of hydrogen-bond acceptors (Lipinski definition) is 4. The molecule has 0 aromatic carbocycles. The first-order valence-electron chi connectivity index (χ1n) is 6.06. The quantitative estimate of drug-likeness (QED) is 0.649. The second-order valence-electron chi connectivity index (χ2n) is 4.88. The van der Waals surface area contributed by atoms with Crippen LogP contribution in [0.25, 0.3) is 0 Å². The zero-order valence-electron chi connectivity index (χ0n) is 11.1. The zero-order chi connectivity index (χ0) is 13.7. The Morgan fingerprint density at radius 1 is 1.22 bits per heavy atom. The molecule has 1 unspecified atom stereocenters. The fraction of sp³-hybridized carbons (Fsp3) is 0.667. The minimum Gasteiger partial charge on any atom is -0.390 e. The van der Waals surface area contributed by atoms with Gasteiger partial charge in [-0.25, -0.2) is 0 Å². The maximum atomic E-state index is 11.6. The minimum atomic E-state index is -0.687. The predicted molar refractivity (Wildman–Crippen MR) is 69.7 cm³/mol. The van der Waals surface area contributed by atoms with Crippen LogP contribution in [0.15, 0.2) is 22.0 Å². The highest BCUT2D eigenvalue weighted by Gasteiger charge is 2.08. The number of aromatic nitrogens is 2. The summed E-state index contributed by atoms with van der Waals surface area (Å²) in [4.78, 5) is 23.0. The van der Waals surface area contributed by atoms with Gasteiger partial charge in [-0.15, -0.1) is 0 Å². The Kier molecular flexibility index (Phi) is 5.30. The molecule has 0 saturated heterocycles. The molecule has 6 heteroatoms. The second-order valence-corrected chi connectivity index (χ2v) is 4.88. The van der Waals surface area contributed by atoms with Crippen LogP contribution in [0.4, 0.5) is 0 Å². The Hall–Kier alpha value is -1.40. The molecule has 0 radical (unpaired) electrons. The van der Waals surface area contributed by atoms with Crippen LogP contribution < -0.4 is 16.4 Å². The average molecular weight is 255 g/mol. The van der Waals surface area contributed by atoms with Gasteiger partial charge in [0.05, 0.1) is 12.6 Å². The molecule has 0 aliphatic heterocycles. The van der Waals surface area contributed by atoms with Crippen LogP contribution >= 0.6 is 0 Å². The smallest absolute Gasteiger partial charge is 0.316 e. The summed E-state index contributed by atoms with van der Waals surface area (Å²) in [5.41, 5.74) is -1.19. The highest BCUT2D eigenvalue weighted by atomic mass is 16.3. The lowest BCUT2D eigenvalue weighted by Crippen LogP contribution is -2.42. The summed E-state index contributed by atoms with van der Waals surface area (Å²) in [6.45, 7) is 5.48. The van der Waals surface area contributed by atoms with Gasteiger partial charge >= 0.3 is 11.1 Å². The highest BCUT2D eigenvalue weighted by Crippen LogP contribution is 1.90. The molecular weight excluding hydrogens is 234 g/mol. The molecule has 18 heavy (non-hydrogen) atoms. The van der Waals surface area contributed by atoms with Gasteiger partial charge < -0.3 is 19.6 Å². The van der Waals surface area contributed by atoms with Crippen LogP contribution in [0.2, 0.25) is 0 Å². The van der Waals surface area contributed by atoms with E-state index in [9.17, 15) is 14.7 Å². The van der Waals surface area contributed by atoms with Gasteiger partial charge in [0.1, 0.15) is 0 Å². The van der Waals surface area contributed by atoms with Gasteiger partial charge in [0.15, 0.2) is 0 Å². The van der Waals surface area contributed by atoms with E-state index in [4.69, 9.17) is 0 Å². The molecule has 0 aliphatic rings. The van der Waals surface area contributed by atoms with Crippen molar-refractivity contribution in [2.45, 2.75) is 26.5 Å². The van der Waals surface area contributed by atoms with Gasteiger partial charge in [-0.1, -0.05) is 13.8 Å². The predicted octanol–water partition coefficient (Wildman–Crippen LogP) is -0.846. The third kappa shape index (κ3) is 4.12. The largest absolute Gasteiger partial charge is 0.390 e. The molecule has 102 valence electrons. The van der Waals surface area contributed by atoms with Crippen LogP contribution in [0.5, 0.6) is 0 Å². The Bertz CT molecular complexity index is 490. The normalized spacial score (nSPS) is 12.9. The van der Waals surface area contributed by atoms with E-state index in [1.807, 2.05) is 0 Å². The summed E-state index contributed by atoms with van der Waals surface area (Å²) in [5.74, 6) is 0.504. The summed E-state index contributed by atoms with van der Waals surface area (Å²) in [6.07, 6.45) is 2.33. The van der Waals surface area contributed by atoms with Crippen molar-refractivity contribution < 1.29 is 5.11 Å². The van der Waals surface area contributed by atoms with Crippen molar-refractivity contribution in [3.63, 3.8) is 0 Å². The second kappa shape index (κ2) is 6.51. The Labute approximate surface area is 106 Å². The van der Waals surface area contributed by atoms with Gasteiger partial charge in [-0.2, -0.15) is 0 Å². The number of aliphatic hydroxyl groups excluding tert-OH is 1. The monoisotopic (exact) mass is 255 g/mol. The van der Waals surface area contributed by atoms with E-state index >= 15 is 0 Å². The van der Waals surface area contributed by atoms with Crippen molar-refractivity contribution in [1.29, 1.82) is 0 Å². The number of aryl methyl sites for hydroxylation is 1. The molecule has 6 nitrogen and oxygen atoms in total. The third-order valence-electron chi connectivity index (χ3n) is 2.57. The zero-order valence-corrected chi connectivity index (χ0v) is 11.1. The van der Waals surface area contributed by atoms with Crippen molar-refractivity contribution in [2.24, 2.45) is 13.0 Å². The number of hydrogen-bond donors (Lipinski definition) is 2. The van der Waals surface area contributed by atoms with Crippen molar-refractivity contribution in [3.05, 3.63) is 33.1 Å². The van der Waals surface area contributed by atoms with Gasteiger partial charge in [0.25, 0.3) is 0 Å². The minimum absolute atomic E-state index is 0.125. The molecule has 1 rings (SSSR count). The molecule has 1 heterocycles. The molecule has 2 N–H and O–H groups in total. The fourth-order valence-electron chi connectivity index (χ4n) is 1.56. The number of rotatable bonds is 6. The first kappa shape index (κ1) is 14.7. The molecule has 1 aromatic heterocycles. The Morgan fingerprint density at radius 2 is 1.89 bits per heavy atom. The van der Waals surface area contributed by atoms with Crippen LogP contribution in [0.1, 0.15) is 13.8 Å². The summed E-state index contributed by atoms with van der Waals surface area (Å²) >= 11 is 0. The van der Waals surface area contributed by atoms with Crippen molar-refractivity contribution in [2.75, 3.05) is 13.1 Å². The van der Waals surface area contributed by atoms with Crippen LogP contribution in [0.3, 0.4) is 0 Å². The lowest BCUT2D eigenvalue weighted by Gasteiger charge is -2.14. The number of aliphatic hydroxyl groups is 1.